The highest BCUT2D eigenvalue weighted by atomic mass is 16.5. The number of piperidine rings is 1. The fourth-order valence-electron chi connectivity index (χ4n) is 3.73. The van der Waals surface area contributed by atoms with Crippen LogP contribution in [-0.4, -0.2) is 29.5 Å². The summed E-state index contributed by atoms with van der Waals surface area (Å²) < 4.78 is 11.0. The van der Waals surface area contributed by atoms with Crippen LogP contribution in [0.4, 0.5) is 0 Å². The molecule has 1 saturated heterocycles. The van der Waals surface area contributed by atoms with E-state index in [0.717, 1.165) is 36.6 Å². The zero-order valence-corrected chi connectivity index (χ0v) is 15.1. The Hall–Kier alpha value is -2.30. The van der Waals surface area contributed by atoms with E-state index in [4.69, 9.17) is 9.15 Å². The SMILES string of the molecule is CCc1cc(=O)oc2cc(OCC(=O)N3[C@H](C)CCC[C@@H]3C)ccc12. The maximum Gasteiger partial charge on any atom is 0.336 e. The topological polar surface area (TPSA) is 59.8 Å². The summed E-state index contributed by atoms with van der Waals surface area (Å²) in [6.45, 7) is 6.17. The Morgan fingerprint density at radius 3 is 2.64 bits per heavy atom. The van der Waals surface area contributed by atoms with Crippen LogP contribution in [0.25, 0.3) is 11.0 Å². The van der Waals surface area contributed by atoms with Crippen LogP contribution in [-0.2, 0) is 11.2 Å². The van der Waals surface area contributed by atoms with Gasteiger partial charge in [-0.15, -0.1) is 0 Å². The van der Waals surface area contributed by atoms with Gasteiger partial charge in [-0.1, -0.05) is 6.92 Å². The lowest BCUT2D eigenvalue weighted by Gasteiger charge is -2.38. The van der Waals surface area contributed by atoms with E-state index in [1.165, 1.54) is 6.07 Å². The largest absolute Gasteiger partial charge is 0.484 e. The number of carbonyl (C=O) groups excluding carboxylic acids is 1. The number of likely N-dealkylation sites (tertiary alicyclic amines) is 1. The first-order chi connectivity index (χ1) is 12.0. The molecule has 1 amide bonds. The van der Waals surface area contributed by atoms with E-state index in [0.29, 0.717) is 11.3 Å². The van der Waals surface area contributed by atoms with Crippen LogP contribution in [0.1, 0.15) is 45.6 Å². The van der Waals surface area contributed by atoms with E-state index < -0.39 is 0 Å². The van der Waals surface area contributed by atoms with Crippen molar-refractivity contribution in [3.63, 3.8) is 0 Å². The number of hydrogen-bond acceptors (Lipinski definition) is 4. The monoisotopic (exact) mass is 343 g/mol. The predicted octanol–water partition coefficient (Wildman–Crippen LogP) is 3.52. The molecule has 1 aromatic carbocycles. The van der Waals surface area contributed by atoms with Crippen molar-refractivity contribution in [3.05, 3.63) is 40.2 Å². The van der Waals surface area contributed by atoms with E-state index in [2.05, 4.69) is 13.8 Å². The van der Waals surface area contributed by atoms with Crippen molar-refractivity contribution in [3.8, 4) is 5.75 Å². The average Bonchev–Trinajstić information content (AvgIpc) is 2.58. The molecule has 1 aromatic heterocycles. The third-order valence-electron chi connectivity index (χ3n) is 5.03. The Bertz CT molecular complexity index is 816. The van der Waals surface area contributed by atoms with Crippen LogP contribution < -0.4 is 10.4 Å². The van der Waals surface area contributed by atoms with Crippen molar-refractivity contribution in [1.82, 2.24) is 4.90 Å². The van der Waals surface area contributed by atoms with Gasteiger partial charge in [0.25, 0.3) is 5.91 Å². The summed E-state index contributed by atoms with van der Waals surface area (Å²) in [4.78, 5) is 26.1. The van der Waals surface area contributed by atoms with Gasteiger partial charge in [-0.05, 0) is 57.2 Å². The Morgan fingerprint density at radius 1 is 1.24 bits per heavy atom. The highest BCUT2D eigenvalue weighted by Gasteiger charge is 2.28. The van der Waals surface area contributed by atoms with Crippen LogP contribution in [0.3, 0.4) is 0 Å². The Morgan fingerprint density at radius 2 is 1.96 bits per heavy atom. The van der Waals surface area contributed by atoms with E-state index >= 15 is 0 Å². The summed E-state index contributed by atoms with van der Waals surface area (Å²) in [5.41, 5.74) is 1.08. The summed E-state index contributed by atoms with van der Waals surface area (Å²) in [7, 11) is 0. The molecular formula is C20H25NO4. The van der Waals surface area contributed by atoms with Crippen LogP contribution in [0.15, 0.2) is 33.5 Å². The number of carbonyl (C=O) groups is 1. The molecule has 0 aliphatic carbocycles. The smallest absolute Gasteiger partial charge is 0.336 e. The molecule has 5 nitrogen and oxygen atoms in total. The normalized spacial score (nSPS) is 20.7. The molecule has 134 valence electrons. The summed E-state index contributed by atoms with van der Waals surface area (Å²) in [5.74, 6) is 0.540. The molecule has 2 atom stereocenters. The predicted molar refractivity (Wildman–Crippen MR) is 97.0 cm³/mol. The maximum absolute atomic E-state index is 12.5. The molecule has 1 aliphatic heterocycles. The molecule has 2 heterocycles. The summed E-state index contributed by atoms with van der Waals surface area (Å²) in [6.07, 6.45) is 4.00. The molecule has 0 N–H and O–H groups in total. The number of fused-ring (bicyclic) bond motifs is 1. The minimum Gasteiger partial charge on any atom is -0.484 e. The third kappa shape index (κ3) is 3.70. The Labute approximate surface area is 147 Å². The van der Waals surface area contributed by atoms with Crippen LogP contribution >= 0.6 is 0 Å². The number of hydrogen-bond donors (Lipinski definition) is 0. The van der Waals surface area contributed by atoms with Crippen molar-refractivity contribution in [2.45, 2.75) is 58.5 Å². The van der Waals surface area contributed by atoms with Gasteiger partial charge in [0.2, 0.25) is 0 Å². The average molecular weight is 343 g/mol. The van der Waals surface area contributed by atoms with Gasteiger partial charge in [0, 0.05) is 29.6 Å². The second kappa shape index (κ2) is 7.30. The second-order valence-corrected chi connectivity index (χ2v) is 6.82. The molecule has 0 bridgehead atoms. The summed E-state index contributed by atoms with van der Waals surface area (Å²) in [5, 5.41) is 0.902. The molecule has 25 heavy (non-hydrogen) atoms. The van der Waals surface area contributed by atoms with Crippen LogP contribution in [0.5, 0.6) is 5.75 Å². The summed E-state index contributed by atoms with van der Waals surface area (Å²) in [6, 6.07) is 7.40. The van der Waals surface area contributed by atoms with Gasteiger partial charge in [0.05, 0.1) is 0 Å². The number of amides is 1. The lowest BCUT2D eigenvalue weighted by Crippen LogP contribution is -2.49. The van der Waals surface area contributed by atoms with Crippen molar-refractivity contribution in [2.24, 2.45) is 0 Å². The number of ether oxygens (including phenoxy) is 1. The maximum atomic E-state index is 12.5. The molecule has 5 heteroatoms. The Balaban J connectivity index is 1.75. The molecule has 3 rings (SSSR count). The molecule has 0 spiro atoms. The van der Waals surface area contributed by atoms with E-state index in [-0.39, 0.29) is 30.2 Å². The van der Waals surface area contributed by atoms with Gasteiger partial charge < -0.3 is 14.1 Å². The van der Waals surface area contributed by atoms with Crippen LogP contribution in [0.2, 0.25) is 0 Å². The van der Waals surface area contributed by atoms with Gasteiger partial charge in [-0.2, -0.15) is 0 Å². The lowest BCUT2D eigenvalue weighted by atomic mass is 9.97. The molecular weight excluding hydrogens is 318 g/mol. The quantitative estimate of drug-likeness (QED) is 0.797. The van der Waals surface area contributed by atoms with Gasteiger partial charge in [-0.3, -0.25) is 4.79 Å². The number of rotatable bonds is 4. The highest BCUT2D eigenvalue weighted by molar-refractivity contribution is 5.82. The fraction of sp³-hybridized carbons (Fsp3) is 0.500. The van der Waals surface area contributed by atoms with Crippen LogP contribution in [0, 0.1) is 0 Å². The van der Waals surface area contributed by atoms with E-state index in [1.54, 1.807) is 6.07 Å². The summed E-state index contributed by atoms with van der Waals surface area (Å²) >= 11 is 0. The second-order valence-electron chi connectivity index (χ2n) is 6.82. The number of benzene rings is 1. The zero-order chi connectivity index (χ0) is 18.0. The number of aryl methyl sites for hydroxylation is 1. The van der Waals surface area contributed by atoms with Crippen molar-refractivity contribution < 1.29 is 13.9 Å². The van der Waals surface area contributed by atoms with Crippen molar-refractivity contribution >= 4 is 16.9 Å². The number of nitrogens with zero attached hydrogens (tertiary/aromatic N) is 1. The molecule has 0 unspecified atom stereocenters. The van der Waals surface area contributed by atoms with Gasteiger partial charge in [-0.25, -0.2) is 4.79 Å². The van der Waals surface area contributed by atoms with Gasteiger partial charge >= 0.3 is 5.63 Å². The first kappa shape index (κ1) is 17.5. The van der Waals surface area contributed by atoms with E-state index in [1.807, 2.05) is 24.0 Å². The van der Waals surface area contributed by atoms with Crippen molar-refractivity contribution in [2.75, 3.05) is 6.61 Å². The minimum absolute atomic E-state index is 0.00210. The van der Waals surface area contributed by atoms with Gasteiger partial charge in [0.1, 0.15) is 11.3 Å². The molecule has 1 fully saturated rings. The van der Waals surface area contributed by atoms with Crippen molar-refractivity contribution in [1.29, 1.82) is 0 Å². The minimum atomic E-state index is -0.367. The first-order valence-corrected chi connectivity index (χ1v) is 9.00. The zero-order valence-electron chi connectivity index (χ0n) is 15.1. The lowest BCUT2D eigenvalue weighted by molar-refractivity contribution is -0.139. The fourth-order valence-corrected chi connectivity index (χ4v) is 3.73. The first-order valence-electron chi connectivity index (χ1n) is 9.00. The Kier molecular flexibility index (Phi) is 5.11. The highest BCUT2D eigenvalue weighted by Crippen LogP contribution is 2.25. The molecule has 0 saturated carbocycles. The third-order valence-corrected chi connectivity index (χ3v) is 5.03. The molecule has 1 aliphatic rings. The molecule has 0 radical (unpaired) electrons. The van der Waals surface area contributed by atoms with Gasteiger partial charge in [0.15, 0.2) is 6.61 Å². The molecule has 2 aromatic rings. The standard InChI is InChI=1S/C20H25NO4/c1-4-15-10-20(23)25-18-11-16(8-9-17(15)18)24-12-19(22)21-13(2)6-5-7-14(21)3/h8-11,13-14H,4-7,12H2,1-3H3/t13-,14+. The van der Waals surface area contributed by atoms with E-state index in [9.17, 15) is 9.59 Å².